The molecule has 2 heterocycles. The number of hydrogen-bond donors (Lipinski definition) is 4. The highest BCUT2D eigenvalue weighted by molar-refractivity contribution is 7.18. The molecule has 36 heavy (non-hydrogen) atoms. The Hall–Kier alpha value is -2.39. The summed E-state index contributed by atoms with van der Waals surface area (Å²) in [6.07, 6.45) is 5.01. The molecule has 1 aromatic heterocycles. The third kappa shape index (κ3) is 6.48. The first-order chi connectivity index (χ1) is 16.9. The maximum atomic E-state index is 13.2. The molecule has 3 rings (SSSR count). The van der Waals surface area contributed by atoms with Crippen LogP contribution in [0.4, 0.5) is 0 Å². The summed E-state index contributed by atoms with van der Waals surface area (Å²) in [6, 6.07) is 5.62. The highest BCUT2D eigenvalue weighted by Crippen LogP contribution is 2.32. The molecule has 0 saturated heterocycles. The van der Waals surface area contributed by atoms with Crippen LogP contribution in [0.3, 0.4) is 0 Å². The second-order valence-corrected chi connectivity index (χ2v) is 11.7. The number of aromatic nitrogens is 1. The van der Waals surface area contributed by atoms with E-state index in [1.807, 2.05) is 44.2 Å². The van der Waals surface area contributed by atoms with Gasteiger partial charge >= 0.3 is 0 Å². The molecule has 8 heteroatoms. The van der Waals surface area contributed by atoms with E-state index in [0.717, 1.165) is 26.4 Å². The summed E-state index contributed by atoms with van der Waals surface area (Å²) in [4.78, 5) is 30.9. The predicted molar refractivity (Wildman–Crippen MR) is 144 cm³/mol. The Morgan fingerprint density at radius 3 is 2.61 bits per heavy atom. The molecule has 7 nitrogen and oxygen atoms in total. The number of amides is 1. The van der Waals surface area contributed by atoms with Crippen LogP contribution in [0.2, 0.25) is 0 Å². The van der Waals surface area contributed by atoms with Crippen molar-refractivity contribution in [3.63, 3.8) is 0 Å². The Bertz CT molecular complexity index is 1150. The second-order valence-electron chi connectivity index (χ2n) is 10.5. The number of thiazole rings is 1. The summed E-state index contributed by atoms with van der Waals surface area (Å²) < 4.78 is 1.04. The highest BCUT2D eigenvalue weighted by Gasteiger charge is 2.42. The maximum Gasteiger partial charge on any atom is 0.223 e. The topological polar surface area (TPSA) is 126 Å². The van der Waals surface area contributed by atoms with Gasteiger partial charge in [0.25, 0.3) is 0 Å². The molecule has 0 spiro atoms. The number of nitrogens with zero attached hydrogens (tertiary/aromatic N) is 1. The molecule has 0 fully saturated rings. The van der Waals surface area contributed by atoms with Crippen molar-refractivity contribution >= 4 is 33.2 Å². The average molecular weight is 514 g/mol. The smallest absolute Gasteiger partial charge is 0.223 e. The van der Waals surface area contributed by atoms with Crippen molar-refractivity contribution in [3.8, 4) is 0 Å². The molecule has 5 N–H and O–H groups in total. The minimum absolute atomic E-state index is 0.131. The van der Waals surface area contributed by atoms with Gasteiger partial charge in [0, 0.05) is 12.5 Å². The van der Waals surface area contributed by atoms with E-state index in [0.29, 0.717) is 19.4 Å². The van der Waals surface area contributed by atoms with Crippen LogP contribution in [0.15, 0.2) is 42.0 Å². The maximum absolute atomic E-state index is 13.2. The third-order valence-electron chi connectivity index (χ3n) is 7.29. The summed E-state index contributed by atoms with van der Waals surface area (Å²) >= 11 is 1.55. The van der Waals surface area contributed by atoms with Crippen LogP contribution in [-0.4, -0.2) is 39.1 Å². The van der Waals surface area contributed by atoms with Crippen molar-refractivity contribution in [3.05, 3.63) is 52.6 Å². The number of aliphatic hydroxyl groups is 2. The van der Waals surface area contributed by atoms with Gasteiger partial charge < -0.3 is 21.3 Å². The molecule has 1 amide bonds. The Labute approximate surface area is 217 Å². The van der Waals surface area contributed by atoms with E-state index >= 15 is 0 Å². The van der Waals surface area contributed by atoms with Gasteiger partial charge in [0.15, 0.2) is 0 Å². The van der Waals surface area contributed by atoms with Crippen molar-refractivity contribution in [2.75, 3.05) is 0 Å². The number of ketones is 1. The molecule has 0 aliphatic carbocycles. The zero-order valence-electron chi connectivity index (χ0n) is 21.8. The molecule has 0 radical (unpaired) electrons. The number of aliphatic hydroxyl groups excluding tert-OH is 2. The fourth-order valence-electron chi connectivity index (χ4n) is 4.64. The third-order valence-corrected chi connectivity index (χ3v) is 8.35. The lowest BCUT2D eigenvalue weighted by molar-refractivity contribution is -0.143. The fraction of sp³-hybridized carbons (Fsp3) is 0.536. The van der Waals surface area contributed by atoms with E-state index in [1.165, 1.54) is 0 Å². The second kappa shape index (κ2) is 11.8. The van der Waals surface area contributed by atoms with Crippen LogP contribution >= 0.6 is 11.3 Å². The first kappa shape index (κ1) is 28.2. The van der Waals surface area contributed by atoms with E-state index in [-0.39, 0.29) is 30.1 Å². The molecular weight excluding hydrogens is 474 g/mol. The summed E-state index contributed by atoms with van der Waals surface area (Å²) in [5.74, 6) is -1.39. The van der Waals surface area contributed by atoms with E-state index in [9.17, 15) is 19.8 Å². The Morgan fingerprint density at radius 2 is 1.92 bits per heavy atom. The summed E-state index contributed by atoms with van der Waals surface area (Å²) in [6.45, 7) is 9.26. The van der Waals surface area contributed by atoms with Gasteiger partial charge in [-0.1, -0.05) is 57.6 Å². The Balaban J connectivity index is 1.95. The number of rotatable bonds is 2. The normalized spacial score (nSPS) is 28.7. The number of benzene rings is 1. The standard InChI is InChI=1S/C28H39N3O4S/c1-16-7-6-8-17(2)26(34)18(3)27(35)28(4,5)23(32)14-24(33)30-20(11-9-16)19-10-12-22-21(13-19)31-25(15-29)36-22/h6-7,9-10,12-13,17-18,20,23,26,32,34H,8,11,14-15,29H2,1-5H3,(H,30,33)/t17-,18+,20-,23-,26-/m0/s1. The lowest BCUT2D eigenvalue weighted by atomic mass is 9.73. The van der Waals surface area contributed by atoms with Crippen LogP contribution in [0.5, 0.6) is 0 Å². The van der Waals surface area contributed by atoms with E-state index in [2.05, 4.69) is 16.4 Å². The quantitative estimate of drug-likeness (QED) is 0.477. The van der Waals surface area contributed by atoms with Crippen LogP contribution in [0.1, 0.15) is 70.5 Å². The van der Waals surface area contributed by atoms with Crippen molar-refractivity contribution in [2.24, 2.45) is 23.0 Å². The van der Waals surface area contributed by atoms with Gasteiger partial charge in [-0.3, -0.25) is 9.59 Å². The van der Waals surface area contributed by atoms with Crippen molar-refractivity contribution in [1.82, 2.24) is 10.3 Å². The van der Waals surface area contributed by atoms with Crippen LogP contribution < -0.4 is 11.1 Å². The van der Waals surface area contributed by atoms with Gasteiger partial charge in [0.05, 0.1) is 40.3 Å². The van der Waals surface area contributed by atoms with Crippen LogP contribution in [0, 0.1) is 17.3 Å². The van der Waals surface area contributed by atoms with E-state index in [4.69, 9.17) is 5.73 Å². The largest absolute Gasteiger partial charge is 0.392 e. The minimum Gasteiger partial charge on any atom is -0.392 e. The minimum atomic E-state index is -1.19. The number of nitrogens with two attached hydrogens (primary N) is 1. The number of Topliss-reactive ketones (excluding diaryl/α,β-unsaturated/α-hetero) is 1. The number of allylic oxidation sites excluding steroid dienone is 3. The fourth-order valence-corrected chi connectivity index (χ4v) is 5.46. The molecule has 1 aliphatic rings. The molecule has 0 saturated carbocycles. The Kier molecular flexibility index (Phi) is 9.22. The summed E-state index contributed by atoms with van der Waals surface area (Å²) in [5.41, 5.74) is 7.36. The molecule has 1 aliphatic heterocycles. The van der Waals surface area contributed by atoms with Crippen LogP contribution in [0.25, 0.3) is 10.2 Å². The Morgan fingerprint density at radius 1 is 1.19 bits per heavy atom. The van der Waals surface area contributed by atoms with Gasteiger partial charge in [-0.05, 0) is 43.4 Å². The lowest BCUT2D eigenvalue weighted by Gasteiger charge is -2.34. The first-order valence-electron chi connectivity index (χ1n) is 12.6. The number of nitrogens with one attached hydrogen (secondary N) is 1. The van der Waals surface area contributed by atoms with E-state index < -0.39 is 23.5 Å². The van der Waals surface area contributed by atoms with Gasteiger partial charge in [0.2, 0.25) is 5.91 Å². The monoisotopic (exact) mass is 513 g/mol. The molecule has 0 unspecified atom stereocenters. The molecule has 1 aromatic carbocycles. The van der Waals surface area contributed by atoms with Crippen molar-refractivity contribution < 1.29 is 19.8 Å². The van der Waals surface area contributed by atoms with Crippen LogP contribution in [-0.2, 0) is 16.1 Å². The predicted octanol–water partition coefficient (Wildman–Crippen LogP) is 4.19. The number of carbonyl (C=O) groups excluding carboxylic acids is 2. The van der Waals surface area contributed by atoms with Gasteiger partial charge in [-0.2, -0.15) is 0 Å². The lowest BCUT2D eigenvalue weighted by Crippen LogP contribution is -2.46. The van der Waals surface area contributed by atoms with Crippen molar-refractivity contribution in [1.29, 1.82) is 0 Å². The average Bonchev–Trinajstić information content (AvgIpc) is 3.26. The van der Waals surface area contributed by atoms with E-state index in [1.54, 1.807) is 32.1 Å². The summed E-state index contributed by atoms with van der Waals surface area (Å²) in [7, 11) is 0. The number of fused-ring (bicyclic) bond motifs is 1. The van der Waals surface area contributed by atoms with Crippen molar-refractivity contribution in [2.45, 2.75) is 78.7 Å². The SMILES string of the molecule is CC1=CC[C@@H](c2ccc3sc(CN)nc3c2)NC(=O)C[C@H](O)C(C)(C)C(=O)[C@H](C)[C@@H](O)[C@@H](C)CC=C1. The van der Waals surface area contributed by atoms with Gasteiger partial charge in [-0.25, -0.2) is 4.98 Å². The zero-order chi connectivity index (χ0) is 26.6. The number of hydrogen-bond acceptors (Lipinski definition) is 7. The van der Waals surface area contributed by atoms with Gasteiger partial charge in [0.1, 0.15) is 10.8 Å². The molecule has 196 valence electrons. The molecular formula is C28H39N3O4S. The highest BCUT2D eigenvalue weighted by atomic mass is 32.1. The summed E-state index contributed by atoms with van der Waals surface area (Å²) in [5, 5.41) is 25.6. The molecule has 2 aromatic rings. The number of carbonyl (C=O) groups is 2. The molecule has 0 bridgehead atoms. The molecule has 5 atom stereocenters. The first-order valence-corrected chi connectivity index (χ1v) is 13.4. The zero-order valence-corrected chi connectivity index (χ0v) is 22.6. The van der Waals surface area contributed by atoms with Gasteiger partial charge in [-0.15, -0.1) is 11.3 Å².